The molecule has 4 N–H and O–H groups in total. The predicted molar refractivity (Wildman–Crippen MR) is 149 cm³/mol. The first-order valence-corrected chi connectivity index (χ1v) is 14.0. The average molecular weight is 491 g/mol. The Labute approximate surface area is 215 Å². The van der Waals surface area contributed by atoms with Gasteiger partial charge in [-0.1, -0.05) is 31.9 Å². The molecular weight excluding hydrogens is 448 g/mol. The summed E-state index contributed by atoms with van der Waals surface area (Å²) in [6.07, 6.45) is 13.6. The lowest BCUT2D eigenvalue weighted by Crippen LogP contribution is -2.35. The lowest BCUT2D eigenvalue weighted by Gasteiger charge is -2.27. The highest BCUT2D eigenvalue weighted by Gasteiger charge is 2.24. The molecule has 0 radical (unpaired) electrons. The van der Waals surface area contributed by atoms with Crippen LogP contribution in [0.5, 0.6) is 0 Å². The molecule has 1 aliphatic heterocycles. The molecule has 0 spiro atoms. The van der Waals surface area contributed by atoms with Gasteiger partial charge in [-0.15, -0.1) is 0 Å². The molecule has 7 heteroatoms. The Morgan fingerprint density at radius 2 is 1.83 bits per heavy atom. The smallest absolute Gasteiger partial charge is 0.224 e. The molecule has 194 valence electrons. The first kappa shape index (κ1) is 25.0. The molecule has 2 aromatic heterocycles. The van der Waals surface area contributed by atoms with Crippen molar-refractivity contribution >= 4 is 22.7 Å². The van der Waals surface area contributed by atoms with E-state index in [-0.39, 0.29) is 6.10 Å². The van der Waals surface area contributed by atoms with Gasteiger partial charge in [0.2, 0.25) is 5.95 Å². The van der Waals surface area contributed by atoms with E-state index in [0.717, 1.165) is 69.1 Å². The van der Waals surface area contributed by atoms with Gasteiger partial charge in [0.15, 0.2) is 0 Å². The van der Waals surface area contributed by atoms with E-state index >= 15 is 0 Å². The van der Waals surface area contributed by atoms with Gasteiger partial charge in [0.25, 0.3) is 0 Å². The first-order valence-electron chi connectivity index (χ1n) is 14.0. The third-order valence-corrected chi connectivity index (χ3v) is 7.90. The van der Waals surface area contributed by atoms with Gasteiger partial charge in [-0.2, -0.15) is 4.98 Å². The maximum atomic E-state index is 10.1. The molecule has 0 amide bonds. The number of benzene rings is 1. The van der Waals surface area contributed by atoms with Gasteiger partial charge in [0.1, 0.15) is 5.65 Å². The fraction of sp³-hybridized carbons (Fsp3) is 0.586. The topological polar surface area (TPSA) is 87.0 Å². The lowest BCUT2D eigenvalue weighted by molar-refractivity contribution is 0.111. The van der Waals surface area contributed by atoms with E-state index in [0.29, 0.717) is 24.1 Å². The molecule has 36 heavy (non-hydrogen) atoms. The molecule has 1 atom stereocenters. The van der Waals surface area contributed by atoms with Crippen LogP contribution >= 0.6 is 0 Å². The molecule has 7 nitrogen and oxygen atoms in total. The highest BCUT2D eigenvalue weighted by Crippen LogP contribution is 2.37. The number of nitrogens with zero attached hydrogens (tertiary/aromatic N) is 3. The number of aromatic nitrogens is 3. The van der Waals surface area contributed by atoms with Crippen molar-refractivity contribution in [2.45, 2.75) is 95.9 Å². The van der Waals surface area contributed by atoms with Crippen LogP contribution in [0.1, 0.15) is 77.7 Å². The monoisotopic (exact) mass is 490 g/mol. The summed E-state index contributed by atoms with van der Waals surface area (Å²) in [6.45, 7) is 6.60. The van der Waals surface area contributed by atoms with Crippen molar-refractivity contribution in [3.8, 4) is 11.1 Å². The van der Waals surface area contributed by atoms with Crippen LogP contribution in [0, 0.1) is 0 Å². The molecule has 0 unspecified atom stereocenters. The summed E-state index contributed by atoms with van der Waals surface area (Å²) >= 11 is 0. The second kappa shape index (κ2) is 11.6. The fourth-order valence-electron chi connectivity index (χ4n) is 5.69. The third kappa shape index (κ3) is 5.84. The number of aliphatic hydroxyl groups is 1. The Kier molecular flexibility index (Phi) is 8.07. The Morgan fingerprint density at radius 3 is 2.56 bits per heavy atom. The molecule has 1 aromatic carbocycles. The number of piperidine rings is 1. The Balaban J connectivity index is 1.43. The van der Waals surface area contributed by atoms with Crippen molar-refractivity contribution in [1.29, 1.82) is 0 Å². The zero-order valence-corrected chi connectivity index (χ0v) is 21.8. The van der Waals surface area contributed by atoms with Gasteiger partial charge in [-0.05, 0) is 82.7 Å². The number of aliphatic hydroxyl groups excluding tert-OH is 1. The number of anilines is 2. The SMILES string of the molecule is CCCC[C@H](C)Nc1ncc2c(-c3ccc(NC4CCNCC4)cc3)cn(C3CCC(O)CC3)c2n1. The quantitative estimate of drug-likeness (QED) is 0.306. The lowest BCUT2D eigenvalue weighted by atomic mass is 9.93. The van der Waals surface area contributed by atoms with Gasteiger partial charge in [-0.25, -0.2) is 4.98 Å². The minimum absolute atomic E-state index is 0.172. The second-order valence-electron chi connectivity index (χ2n) is 10.8. The molecule has 2 aliphatic rings. The molecule has 1 aliphatic carbocycles. The highest BCUT2D eigenvalue weighted by atomic mass is 16.3. The van der Waals surface area contributed by atoms with Crippen molar-refractivity contribution < 1.29 is 5.11 Å². The molecule has 3 aromatic rings. The van der Waals surface area contributed by atoms with Gasteiger partial charge < -0.3 is 25.6 Å². The molecule has 5 rings (SSSR count). The largest absolute Gasteiger partial charge is 0.393 e. The van der Waals surface area contributed by atoms with Crippen molar-refractivity contribution in [3.05, 3.63) is 36.7 Å². The number of hydrogen-bond donors (Lipinski definition) is 4. The third-order valence-electron chi connectivity index (χ3n) is 7.90. The van der Waals surface area contributed by atoms with Crippen LogP contribution in [0.4, 0.5) is 11.6 Å². The van der Waals surface area contributed by atoms with Gasteiger partial charge in [0, 0.05) is 47.2 Å². The number of rotatable bonds is 9. The molecular formula is C29H42N6O. The van der Waals surface area contributed by atoms with E-state index in [1.165, 1.54) is 29.7 Å². The second-order valence-corrected chi connectivity index (χ2v) is 10.8. The van der Waals surface area contributed by atoms with Crippen LogP contribution in [0.15, 0.2) is 36.7 Å². The predicted octanol–water partition coefficient (Wildman–Crippen LogP) is 5.73. The van der Waals surface area contributed by atoms with E-state index in [9.17, 15) is 5.11 Å². The molecule has 3 heterocycles. The van der Waals surface area contributed by atoms with E-state index in [2.05, 4.69) is 64.8 Å². The van der Waals surface area contributed by atoms with E-state index < -0.39 is 0 Å². The number of nitrogens with one attached hydrogen (secondary N) is 3. The zero-order chi connectivity index (χ0) is 24.9. The summed E-state index contributed by atoms with van der Waals surface area (Å²) in [5.74, 6) is 0.703. The van der Waals surface area contributed by atoms with E-state index in [1.54, 1.807) is 0 Å². The fourth-order valence-corrected chi connectivity index (χ4v) is 5.69. The van der Waals surface area contributed by atoms with Gasteiger partial charge in [-0.3, -0.25) is 0 Å². The van der Waals surface area contributed by atoms with Crippen LogP contribution in [0.3, 0.4) is 0 Å². The number of unbranched alkanes of at least 4 members (excludes halogenated alkanes) is 1. The maximum Gasteiger partial charge on any atom is 0.224 e. The Bertz CT molecular complexity index is 1110. The van der Waals surface area contributed by atoms with Gasteiger partial charge >= 0.3 is 0 Å². The van der Waals surface area contributed by atoms with Crippen molar-refractivity contribution in [2.75, 3.05) is 23.7 Å². The van der Waals surface area contributed by atoms with Crippen molar-refractivity contribution in [2.24, 2.45) is 0 Å². The maximum absolute atomic E-state index is 10.1. The number of hydrogen-bond acceptors (Lipinski definition) is 6. The van der Waals surface area contributed by atoms with Crippen molar-refractivity contribution in [1.82, 2.24) is 19.9 Å². The summed E-state index contributed by atoms with van der Waals surface area (Å²) in [7, 11) is 0. The highest BCUT2D eigenvalue weighted by molar-refractivity contribution is 5.94. The summed E-state index contributed by atoms with van der Waals surface area (Å²) in [4.78, 5) is 9.73. The van der Waals surface area contributed by atoms with E-state index in [1.807, 2.05) is 6.20 Å². The molecule has 1 saturated heterocycles. The van der Waals surface area contributed by atoms with Crippen LogP contribution in [0.2, 0.25) is 0 Å². The summed E-state index contributed by atoms with van der Waals surface area (Å²) in [5.41, 5.74) is 4.53. The Hall–Kier alpha value is -2.64. The van der Waals surface area contributed by atoms with Crippen LogP contribution in [-0.4, -0.2) is 50.9 Å². The van der Waals surface area contributed by atoms with Gasteiger partial charge in [0.05, 0.1) is 6.10 Å². The normalized spacial score (nSPS) is 22.0. The number of fused-ring (bicyclic) bond motifs is 1. The standard InChI is InChI=1S/C29H42N6O/c1-3-4-5-20(2)32-29-31-18-26-27(19-35(28(26)34-29)24-10-12-25(36)13-11-24)21-6-8-22(9-7-21)33-23-14-16-30-17-15-23/h6-9,18-20,23-25,30,33,36H,3-5,10-17H2,1-2H3,(H,31,32,34)/t20-,24?,25?/m0/s1. The summed E-state index contributed by atoms with van der Waals surface area (Å²) < 4.78 is 2.35. The molecule has 2 fully saturated rings. The summed E-state index contributed by atoms with van der Waals surface area (Å²) in [6, 6.07) is 10.1. The zero-order valence-electron chi connectivity index (χ0n) is 21.8. The summed E-state index contributed by atoms with van der Waals surface area (Å²) in [5, 5.41) is 21.8. The first-order chi connectivity index (χ1) is 17.6. The van der Waals surface area contributed by atoms with Crippen molar-refractivity contribution in [3.63, 3.8) is 0 Å². The molecule has 1 saturated carbocycles. The minimum Gasteiger partial charge on any atom is -0.393 e. The molecule has 0 bridgehead atoms. The van der Waals surface area contributed by atoms with Crippen LogP contribution in [-0.2, 0) is 0 Å². The Morgan fingerprint density at radius 1 is 1.08 bits per heavy atom. The minimum atomic E-state index is -0.172. The average Bonchev–Trinajstić information content (AvgIpc) is 3.28. The van der Waals surface area contributed by atoms with Crippen LogP contribution < -0.4 is 16.0 Å². The van der Waals surface area contributed by atoms with E-state index in [4.69, 9.17) is 9.97 Å². The van der Waals surface area contributed by atoms with Crippen LogP contribution in [0.25, 0.3) is 22.2 Å².